The van der Waals surface area contributed by atoms with Gasteiger partial charge in [0.1, 0.15) is 23.3 Å². The molecule has 148 valence electrons. The summed E-state index contributed by atoms with van der Waals surface area (Å²) in [6.45, 7) is 1.95. The number of amides is 1. The maximum Gasteiger partial charge on any atom is 0.251 e. The highest BCUT2D eigenvalue weighted by Gasteiger charge is 2.24. The molecular formula is C21H21FN6O. The molecule has 1 amide bonds. The number of anilines is 3. The van der Waals surface area contributed by atoms with E-state index in [1.54, 1.807) is 42.9 Å². The summed E-state index contributed by atoms with van der Waals surface area (Å²) in [5.74, 6) is 1.10. The molecule has 0 aliphatic heterocycles. The van der Waals surface area contributed by atoms with E-state index in [1.807, 2.05) is 6.92 Å². The molecule has 7 nitrogen and oxygen atoms in total. The average molecular weight is 392 g/mol. The fourth-order valence-corrected chi connectivity index (χ4v) is 2.85. The highest BCUT2D eigenvalue weighted by atomic mass is 19.1. The quantitative estimate of drug-likeness (QED) is 0.566. The molecule has 0 saturated heterocycles. The number of pyridine rings is 1. The molecule has 0 unspecified atom stereocenters. The molecule has 1 atom stereocenters. The lowest BCUT2D eigenvalue weighted by Gasteiger charge is -2.17. The summed E-state index contributed by atoms with van der Waals surface area (Å²) < 4.78 is 13.2. The molecule has 2 aromatic heterocycles. The number of hydrogen-bond donors (Lipinski definition) is 3. The van der Waals surface area contributed by atoms with Gasteiger partial charge in [-0.15, -0.1) is 0 Å². The van der Waals surface area contributed by atoms with Crippen LogP contribution in [0, 0.1) is 5.82 Å². The number of halogens is 1. The second-order valence-corrected chi connectivity index (χ2v) is 7.01. The molecule has 1 fully saturated rings. The van der Waals surface area contributed by atoms with Crippen LogP contribution in [0.15, 0.2) is 55.0 Å². The Hall–Kier alpha value is -3.55. The second kappa shape index (κ2) is 8.22. The number of rotatable bonds is 7. The van der Waals surface area contributed by atoms with Crippen LogP contribution in [0.25, 0.3) is 0 Å². The molecule has 1 aliphatic rings. The Labute approximate surface area is 167 Å². The SMILES string of the molecule is C[C@H](Nc1cc(C(=O)NC2CC2)cc(Nc2cnccn2)n1)c1ccc(F)cc1. The van der Waals surface area contributed by atoms with Gasteiger partial charge in [-0.25, -0.2) is 14.4 Å². The van der Waals surface area contributed by atoms with E-state index in [9.17, 15) is 9.18 Å². The molecule has 3 N–H and O–H groups in total. The number of hydrogen-bond acceptors (Lipinski definition) is 6. The molecule has 8 heteroatoms. The van der Waals surface area contributed by atoms with Crippen molar-refractivity contribution in [1.29, 1.82) is 0 Å². The van der Waals surface area contributed by atoms with E-state index in [4.69, 9.17) is 0 Å². The van der Waals surface area contributed by atoms with Crippen molar-refractivity contribution < 1.29 is 9.18 Å². The predicted molar refractivity (Wildman–Crippen MR) is 108 cm³/mol. The Morgan fingerprint density at radius 2 is 1.86 bits per heavy atom. The summed E-state index contributed by atoms with van der Waals surface area (Å²) >= 11 is 0. The molecular weight excluding hydrogens is 371 g/mol. The van der Waals surface area contributed by atoms with Gasteiger partial charge in [-0.2, -0.15) is 0 Å². The summed E-state index contributed by atoms with van der Waals surface area (Å²) in [6, 6.07) is 9.78. The molecule has 0 spiro atoms. The lowest BCUT2D eigenvalue weighted by molar-refractivity contribution is 0.0951. The van der Waals surface area contributed by atoms with Gasteiger partial charge in [0, 0.05) is 30.0 Å². The van der Waals surface area contributed by atoms with Crippen LogP contribution in [0.5, 0.6) is 0 Å². The maximum atomic E-state index is 13.2. The molecule has 1 saturated carbocycles. The minimum atomic E-state index is -0.284. The lowest BCUT2D eigenvalue weighted by Crippen LogP contribution is -2.25. The third-order valence-corrected chi connectivity index (χ3v) is 4.55. The smallest absolute Gasteiger partial charge is 0.251 e. The zero-order valence-corrected chi connectivity index (χ0v) is 15.9. The van der Waals surface area contributed by atoms with Gasteiger partial charge < -0.3 is 16.0 Å². The van der Waals surface area contributed by atoms with E-state index in [-0.39, 0.29) is 23.8 Å². The first-order chi connectivity index (χ1) is 14.1. The van der Waals surface area contributed by atoms with Gasteiger partial charge in [-0.3, -0.25) is 9.78 Å². The van der Waals surface area contributed by atoms with Crippen LogP contribution in [0.2, 0.25) is 0 Å². The number of nitrogens with one attached hydrogen (secondary N) is 3. The van der Waals surface area contributed by atoms with E-state index >= 15 is 0 Å². The van der Waals surface area contributed by atoms with E-state index in [2.05, 4.69) is 30.9 Å². The normalized spacial score (nSPS) is 14.1. The fraction of sp³-hybridized carbons (Fsp3) is 0.238. The molecule has 2 heterocycles. The van der Waals surface area contributed by atoms with Crippen LogP contribution >= 0.6 is 0 Å². The van der Waals surface area contributed by atoms with Crippen molar-refractivity contribution in [2.75, 3.05) is 10.6 Å². The number of aromatic nitrogens is 3. The Morgan fingerprint density at radius 1 is 1.10 bits per heavy atom. The molecule has 1 aliphatic carbocycles. The van der Waals surface area contributed by atoms with Crippen molar-refractivity contribution in [2.45, 2.75) is 31.8 Å². The third kappa shape index (κ3) is 5.04. The van der Waals surface area contributed by atoms with Crippen molar-refractivity contribution in [1.82, 2.24) is 20.3 Å². The number of carbonyl (C=O) groups is 1. The van der Waals surface area contributed by atoms with Crippen LogP contribution in [0.4, 0.5) is 21.8 Å². The van der Waals surface area contributed by atoms with E-state index in [1.165, 1.54) is 12.1 Å². The summed E-state index contributed by atoms with van der Waals surface area (Å²) in [5.41, 5.74) is 1.40. The number of benzene rings is 1. The summed E-state index contributed by atoms with van der Waals surface area (Å²) in [5, 5.41) is 9.34. The highest BCUT2D eigenvalue weighted by Crippen LogP contribution is 2.24. The van der Waals surface area contributed by atoms with E-state index in [0.717, 1.165) is 18.4 Å². The largest absolute Gasteiger partial charge is 0.363 e. The number of nitrogens with zero attached hydrogens (tertiary/aromatic N) is 3. The molecule has 4 rings (SSSR count). The first-order valence-electron chi connectivity index (χ1n) is 9.45. The first kappa shape index (κ1) is 18.8. The second-order valence-electron chi connectivity index (χ2n) is 7.01. The van der Waals surface area contributed by atoms with Gasteiger partial charge in [0.05, 0.1) is 6.20 Å². The van der Waals surface area contributed by atoms with Crippen molar-refractivity contribution >= 4 is 23.4 Å². The van der Waals surface area contributed by atoms with Crippen molar-refractivity contribution in [3.8, 4) is 0 Å². The van der Waals surface area contributed by atoms with Crippen LogP contribution < -0.4 is 16.0 Å². The molecule has 0 bridgehead atoms. The summed E-state index contributed by atoms with van der Waals surface area (Å²) in [4.78, 5) is 25.3. The van der Waals surface area contributed by atoms with E-state index < -0.39 is 0 Å². The topological polar surface area (TPSA) is 91.8 Å². The third-order valence-electron chi connectivity index (χ3n) is 4.55. The molecule has 3 aromatic rings. The van der Waals surface area contributed by atoms with Crippen LogP contribution in [-0.4, -0.2) is 26.9 Å². The number of carbonyl (C=O) groups excluding carboxylic acids is 1. The van der Waals surface area contributed by atoms with Gasteiger partial charge in [0.2, 0.25) is 0 Å². The van der Waals surface area contributed by atoms with Crippen molar-refractivity contribution in [3.05, 3.63) is 71.9 Å². The van der Waals surface area contributed by atoms with Crippen LogP contribution in [-0.2, 0) is 0 Å². The van der Waals surface area contributed by atoms with E-state index in [0.29, 0.717) is 23.0 Å². The fourth-order valence-electron chi connectivity index (χ4n) is 2.85. The Balaban J connectivity index is 1.59. The zero-order chi connectivity index (χ0) is 20.2. The van der Waals surface area contributed by atoms with Gasteiger partial charge in [0.25, 0.3) is 5.91 Å². The van der Waals surface area contributed by atoms with Gasteiger partial charge in [-0.05, 0) is 49.6 Å². The van der Waals surface area contributed by atoms with Crippen molar-refractivity contribution in [2.24, 2.45) is 0 Å². The standard InChI is InChI=1S/C21H21FN6O/c1-13(14-2-4-16(22)5-3-14)25-18-10-15(21(29)26-17-6-7-17)11-19(27-18)28-20-12-23-8-9-24-20/h2-5,8-13,17H,6-7H2,1H3,(H,26,29)(H2,24,25,27,28)/t13-/m0/s1. The lowest BCUT2D eigenvalue weighted by atomic mass is 10.1. The Morgan fingerprint density at radius 3 is 2.55 bits per heavy atom. The summed E-state index contributed by atoms with van der Waals surface area (Å²) in [6.07, 6.45) is 6.74. The highest BCUT2D eigenvalue weighted by molar-refractivity contribution is 5.96. The Kier molecular flexibility index (Phi) is 5.33. The van der Waals surface area contributed by atoms with Crippen LogP contribution in [0.1, 0.15) is 41.7 Å². The molecule has 0 radical (unpaired) electrons. The van der Waals surface area contributed by atoms with Crippen molar-refractivity contribution in [3.63, 3.8) is 0 Å². The maximum absolute atomic E-state index is 13.2. The van der Waals surface area contributed by atoms with Gasteiger partial charge in [0.15, 0.2) is 0 Å². The molecule has 1 aromatic carbocycles. The van der Waals surface area contributed by atoms with Crippen LogP contribution in [0.3, 0.4) is 0 Å². The minimum absolute atomic E-state index is 0.130. The van der Waals surface area contributed by atoms with Gasteiger partial charge >= 0.3 is 0 Å². The first-order valence-corrected chi connectivity index (χ1v) is 9.45. The minimum Gasteiger partial charge on any atom is -0.363 e. The predicted octanol–water partition coefficient (Wildman–Crippen LogP) is 3.82. The summed E-state index contributed by atoms with van der Waals surface area (Å²) in [7, 11) is 0. The molecule has 29 heavy (non-hydrogen) atoms. The monoisotopic (exact) mass is 392 g/mol. The van der Waals surface area contributed by atoms with Gasteiger partial charge in [-0.1, -0.05) is 12.1 Å². The Bertz CT molecular complexity index is 992. The zero-order valence-electron chi connectivity index (χ0n) is 15.9. The average Bonchev–Trinajstić information content (AvgIpc) is 3.53.